The van der Waals surface area contributed by atoms with Gasteiger partial charge in [-0.15, -0.1) is 0 Å². The summed E-state index contributed by atoms with van der Waals surface area (Å²) in [5, 5.41) is 0. The molecule has 6 heteroatoms. The fourth-order valence-electron chi connectivity index (χ4n) is 4.24. The topological polar surface area (TPSA) is 47.1 Å². The van der Waals surface area contributed by atoms with Crippen LogP contribution in [0, 0.1) is 0 Å². The number of hydrogen-bond donors (Lipinski definition) is 0. The van der Waals surface area contributed by atoms with E-state index in [0.717, 1.165) is 32.7 Å². The van der Waals surface area contributed by atoms with Crippen molar-refractivity contribution in [3.05, 3.63) is 35.4 Å². The molecule has 1 unspecified atom stereocenters. The Labute approximate surface area is 175 Å². The lowest BCUT2D eigenvalue weighted by Gasteiger charge is -2.41. The van der Waals surface area contributed by atoms with Crippen molar-refractivity contribution in [2.75, 3.05) is 52.4 Å². The minimum Gasteiger partial charge on any atom is -0.339 e. The predicted octanol–water partition coefficient (Wildman–Crippen LogP) is 2.01. The largest absolute Gasteiger partial charge is 0.339 e. The van der Waals surface area contributed by atoms with Gasteiger partial charge >= 0.3 is 0 Å². The molecule has 1 aromatic rings. The van der Waals surface area contributed by atoms with Crippen molar-refractivity contribution in [1.29, 1.82) is 0 Å². The Hall–Kier alpha value is -1.92. The van der Waals surface area contributed by atoms with Crippen molar-refractivity contribution in [3.8, 4) is 0 Å². The minimum atomic E-state index is -0.0913. The van der Waals surface area contributed by atoms with Crippen molar-refractivity contribution in [1.82, 2.24) is 19.6 Å². The molecule has 0 radical (unpaired) electrons. The molecule has 1 atom stereocenters. The zero-order chi connectivity index (χ0) is 21.0. The SMILES string of the molecule is CC(=O)N1CCN(C(=O)C(C)N2CCN(Cc3ccc(C(C)C)cc3)CC2)CC1. The average molecular weight is 401 g/mol. The molecule has 2 aliphatic rings. The smallest absolute Gasteiger partial charge is 0.239 e. The van der Waals surface area contributed by atoms with Crippen LogP contribution in [0.2, 0.25) is 0 Å². The van der Waals surface area contributed by atoms with Crippen molar-refractivity contribution >= 4 is 11.8 Å². The summed E-state index contributed by atoms with van der Waals surface area (Å²) in [6.45, 7) is 15.5. The fraction of sp³-hybridized carbons (Fsp3) is 0.652. The van der Waals surface area contributed by atoms with Gasteiger partial charge in [-0.25, -0.2) is 0 Å². The van der Waals surface area contributed by atoms with Crippen LogP contribution in [0.1, 0.15) is 44.7 Å². The van der Waals surface area contributed by atoms with Crippen LogP contribution < -0.4 is 0 Å². The molecule has 2 saturated heterocycles. The van der Waals surface area contributed by atoms with Gasteiger partial charge in [0.15, 0.2) is 0 Å². The molecule has 0 spiro atoms. The van der Waals surface area contributed by atoms with E-state index >= 15 is 0 Å². The second-order valence-corrected chi connectivity index (χ2v) is 8.72. The lowest BCUT2D eigenvalue weighted by molar-refractivity contribution is -0.142. The summed E-state index contributed by atoms with van der Waals surface area (Å²) >= 11 is 0. The Morgan fingerprint density at radius 1 is 0.828 bits per heavy atom. The van der Waals surface area contributed by atoms with Crippen LogP contribution in [0.3, 0.4) is 0 Å². The quantitative estimate of drug-likeness (QED) is 0.759. The summed E-state index contributed by atoms with van der Waals surface area (Å²) in [4.78, 5) is 32.9. The zero-order valence-corrected chi connectivity index (χ0v) is 18.4. The number of carbonyl (C=O) groups excluding carboxylic acids is 2. The van der Waals surface area contributed by atoms with Crippen LogP contribution in [0.25, 0.3) is 0 Å². The monoisotopic (exact) mass is 400 g/mol. The molecule has 160 valence electrons. The normalized spacial score (nSPS) is 20.2. The molecule has 2 amide bonds. The van der Waals surface area contributed by atoms with Gasteiger partial charge in [0.1, 0.15) is 0 Å². The highest BCUT2D eigenvalue weighted by Gasteiger charge is 2.30. The first-order chi connectivity index (χ1) is 13.8. The molecule has 0 aromatic heterocycles. The number of nitrogens with zero attached hydrogens (tertiary/aromatic N) is 4. The molecular formula is C23H36N4O2. The van der Waals surface area contributed by atoms with E-state index in [2.05, 4.69) is 47.9 Å². The highest BCUT2D eigenvalue weighted by Crippen LogP contribution is 2.17. The van der Waals surface area contributed by atoms with Crippen LogP contribution in [-0.2, 0) is 16.1 Å². The predicted molar refractivity (Wildman–Crippen MR) is 116 cm³/mol. The van der Waals surface area contributed by atoms with Crippen LogP contribution in [0.5, 0.6) is 0 Å². The number of rotatable bonds is 5. The summed E-state index contributed by atoms with van der Waals surface area (Å²) in [6, 6.07) is 8.88. The minimum absolute atomic E-state index is 0.0913. The number of amides is 2. The van der Waals surface area contributed by atoms with Crippen LogP contribution in [0.15, 0.2) is 24.3 Å². The lowest BCUT2D eigenvalue weighted by Crippen LogP contribution is -2.57. The summed E-state index contributed by atoms with van der Waals surface area (Å²) in [5.74, 6) is 0.864. The number of carbonyl (C=O) groups is 2. The highest BCUT2D eigenvalue weighted by atomic mass is 16.2. The second kappa shape index (κ2) is 9.72. The molecule has 0 bridgehead atoms. The Morgan fingerprint density at radius 2 is 1.38 bits per heavy atom. The molecule has 0 N–H and O–H groups in total. The van der Waals surface area contributed by atoms with Gasteiger partial charge in [-0.05, 0) is 24.0 Å². The van der Waals surface area contributed by atoms with Gasteiger partial charge in [-0.3, -0.25) is 19.4 Å². The number of benzene rings is 1. The van der Waals surface area contributed by atoms with E-state index in [4.69, 9.17) is 0 Å². The Bertz CT molecular complexity index is 687. The van der Waals surface area contributed by atoms with Crippen molar-refractivity contribution in [2.45, 2.75) is 46.2 Å². The summed E-state index contributed by atoms with van der Waals surface area (Å²) in [6.07, 6.45) is 0. The maximum atomic E-state index is 12.9. The third-order valence-corrected chi connectivity index (χ3v) is 6.40. The molecule has 29 heavy (non-hydrogen) atoms. The fourth-order valence-corrected chi connectivity index (χ4v) is 4.24. The van der Waals surface area contributed by atoms with Crippen molar-refractivity contribution in [3.63, 3.8) is 0 Å². The molecule has 3 rings (SSSR count). The van der Waals surface area contributed by atoms with E-state index in [0.29, 0.717) is 32.1 Å². The van der Waals surface area contributed by atoms with E-state index in [1.54, 1.807) is 6.92 Å². The van der Waals surface area contributed by atoms with Gasteiger partial charge in [0, 0.05) is 65.8 Å². The molecule has 2 aliphatic heterocycles. The average Bonchev–Trinajstić information content (AvgIpc) is 2.73. The van der Waals surface area contributed by atoms with Gasteiger partial charge in [-0.1, -0.05) is 38.1 Å². The van der Waals surface area contributed by atoms with Crippen molar-refractivity contribution < 1.29 is 9.59 Å². The van der Waals surface area contributed by atoms with Crippen molar-refractivity contribution in [2.24, 2.45) is 0 Å². The third-order valence-electron chi connectivity index (χ3n) is 6.40. The van der Waals surface area contributed by atoms with E-state index in [-0.39, 0.29) is 17.9 Å². The molecule has 0 aliphatic carbocycles. The van der Waals surface area contributed by atoms with Gasteiger partial charge < -0.3 is 9.80 Å². The van der Waals surface area contributed by atoms with Gasteiger partial charge in [-0.2, -0.15) is 0 Å². The van der Waals surface area contributed by atoms with Gasteiger partial charge in [0.25, 0.3) is 0 Å². The number of hydrogen-bond acceptors (Lipinski definition) is 4. The van der Waals surface area contributed by atoms with E-state index in [1.165, 1.54) is 11.1 Å². The molecule has 2 heterocycles. The molecule has 1 aromatic carbocycles. The standard InChI is InChI=1S/C23H36N4O2/c1-18(2)22-7-5-21(6-8-22)17-24-9-11-25(12-10-24)19(3)23(29)27-15-13-26(14-16-27)20(4)28/h5-8,18-19H,9-17H2,1-4H3. The maximum Gasteiger partial charge on any atom is 0.239 e. The Kier molecular flexibility index (Phi) is 7.30. The second-order valence-electron chi connectivity index (χ2n) is 8.72. The Morgan fingerprint density at radius 3 is 1.90 bits per heavy atom. The first-order valence-electron chi connectivity index (χ1n) is 10.9. The van der Waals surface area contributed by atoms with E-state index in [9.17, 15) is 9.59 Å². The molecule has 6 nitrogen and oxygen atoms in total. The molecule has 0 saturated carbocycles. The first kappa shape index (κ1) is 21.8. The highest BCUT2D eigenvalue weighted by molar-refractivity contribution is 5.82. The van der Waals surface area contributed by atoms with Crippen LogP contribution in [-0.4, -0.2) is 89.8 Å². The summed E-state index contributed by atoms with van der Waals surface area (Å²) in [7, 11) is 0. The summed E-state index contributed by atoms with van der Waals surface area (Å²) in [5.41, 5.74) is 2.74. The maximum absolute atomic E-state index is 12.9. The Balaban J connectivity index is 1.45. The van der Waals surface area contributed by atoms with Gasteiger partial charge in [0.2, 0.25) is 11.8 Å². The van der Waals surface area contributed by atoms with Crippen LogP contribution in [0.4, 0.5) is 0 Å². The van der Waals surface area contributed by atoms with E-state index in [1.807, 2.05) is 16.7 Å². The van der Waals surface area contributed by atoms with E-state index < -0.39 is 0 Å². The van der Waals surface area contributed by atoms with Crippen LogP contribution >= 0.6 is 0 Å². The molecular weight excluding hydrogens is 364 g/mol. The summed E-state index contributed by atoms with van der Waals surface area (Å²) < 4.78 is 0. The third kappa shape index (κ3) is 5.58. The first-order valence-corrected chi connectivity index (χ1v) is 10.9. The van der Waals surface area contributed by atoms with Gasteiger partial charge in [0.05, 0.1) is 6.04 Å². The lowest BCUT2D eigenvalue weighted by atomic mass is 10.0. The molecule has 2 fully saturated rings. The zero-order valence-electron chi connectivity index (χ0n) is 18.4. The number of piperazine rings is 2.